The summed E-state index contributed by atoms with van der Waals surface area (Å²) in [5.74, 6) is 3.40. The van der Waals surface area contributed by atoms with Crippen molar-refractivity contribution >= 4 is 31.5 Å². The number of hydrogen-bond donors (Lipinski definition) is 0. The molecule has 0 atom stereocenters. The predicted molar refractivity (Wildman–Crippen MR) is 224 cm³/mol. The summed E-state index contributed by atoms with van der Waals surface area (Å²) in [6.07, 6.45) is 0. The Bertz CT molecular complexity index is 2910. The van der Waals surface area contributed by atoms with E-state index in [1.807, 2.05) is 127 Å². The number of thiophene rings is 1. The zero-order valence-electron chi connectivity index (χ0n) is 29.4. The lowest BCUT2D eigenvalue weighted by molar-refractivity contribution is 1.06. The van der Waals surface area contributed by atoms with E-state index in [-0.39, 0.29) is 0 Å². The Balaban J connectivity index is 1.09. The van der Waals surface area contributed by atoms with Gasteiger partial charge in [0.2, 0.25) is 0 Å². The van der Waals surface area contributed by atoms with E-state index < -0.39 is 0 Å². The molecule has 0 bridgehead atoms. The fraction of sp³-hybridized carbons (Fsp3) is 0. The highest BCUT2D eigenvalue weighted by molar-refractivity contribution is 7.25. The molecule has 0 amide bonds. The molecule has 55 heavy (non-hydrogen) atoms. The first-order valence-electron chi connectivity index (χ1n) is 18.0. The highest BCUT2D eigenvalue weighted by Crippen LogP contribution is 2.37. The maximum Gasteiger partial charge on any atom is 0.164 e. The van der Waals surface area contributed by atoms with Crippen LogP contribution in [0.25, 0.3) is 99.6 Å². The lowest BCUT2D eigenvalue weighted by atomic mass is 10.0. The number of fused-ring (bicyclic) bond motifs is 3. The molecule has 0 aliphatic heterocycles. The lowest BCUT2D eigenvalue weighted by Gasteiger charge is -2.13. The molecule has 7 aromatic carbocycles. The highest BCUT2D eigenvalue weighted by Gasteiger charge is 2.19. The van der Waals surface area contributed by atoms with Gasteiger partial charge in [-0.3, -0.25) is 0 Å². The molecule has 0 radical (unpaired) electrons. The van der Waals surface area contributed by atoms with Gasteiger partial charge in [-0.2, -0.15) is 0 Å². The minimum Gasteiger partial charge on any atom is -0.208 e. The molecule has 10 rings (SSSR count). The summed E-state index contributed by atoms with van der Waals surface area (Å²) in [4.78, 5) is 30.2. The second kappa shape index (κ2) is 14.0. The van der Waals surface area contributed by atoms with Gasteiger partial charge in [0.1, 0.15) is 0 Å². The van der Waals surface area contributed by atoms with Crippen molar-refractivity contribution in [2.75, 3.05) is 0 Å². The van der Waals surface area contributed by atoms with Crippen LogP contribution < -0.4 is 0 Å². The molecule has 10 aromatic rings. The van der Waals surface area contributed by atoms with Crippen LogP contribution in [0.15, 0.2) is 182 Å². The number of nitrogens with zero attached hydrogens (tertiary/aromatic N) is 6. The number of aromatic nitrogens is 6. The summed E-state index contributed by atoms with van der Waals surface area (Å²) in [6.45, 7) is 0. The average Bonchev–Trinajstić information content (AvgIpc) is 3.65. The third kappa shape index (κ3) is 6.33. The fourth-order valence-corrected chi connectivity index (χ4v) is 7.95. The molecule has 0 aliphatic carbocycles. The molecule has 0 aliphatic rings. The van der Waals surface area contributed by atoms with Crippen LogP contribution in [0.1, 0.15) is 0 Å². The van der Waals surface area contributed by atoms with Crippen molar-refractivity contribution in [3.05, 3.63) is 182 Å². The number of hydrogen-bond acceptors (Lipinski definition) is 7. The van der Waals surface area contributed by atoms with Gasteiger partial charge in [-0.25, -0.2) is 29.9 Å². The first-order valence-corrected chi connectivity index (χ1v) is 18.9. The monoisotopic (exact) mass is 722 g/mol. The maximum atomic E-state index is 5.13. The summed E-state index contributed by atoms with van der Waals surface area (Å²) >= 11 is 1.83. The third-order valence-corrected chi connectivity index (χ3v) is 10.8. The van der Waals surface area contributed by atoms with E-state index in [4.69, 9.17) is 29.9 Å². The summed E-state index contributed by atoms with van der Waals surface area (Å²) in [5, 5.41) is 2.57. The van der Waals surface area contributed by atoms with E-state index >= 15 is 0 Å². The molecule has 3 heterocycles. The molecule has 6 nitrogen and oxygen atoms in total. The van der Waals surface area contributed by atoms with Gasteiger partial charge in [0, 0.05) is 53.6 Å². The zero-order chi connectivity index (χ0) is 36.6. The van der Waals surface area contributed by atoms with Gasteiger partial charge in [0.05, 0.1) is 0 Å². The van der Waals surface area contributed by atoms with Gasteiger partial charge < -0.3 is 0 Å². The number of benzene rings is 7. The van der Waals surface area contributed by atoms with Crippen molar-refractivity contribution in [1.29, 1.82) is 0 Å². The van der Waals surface area contributed by atoms with Crippen molar-refractivity contribution in [2.45, 2.75) is 0 Å². The van der Waals surface area contributed by atoms with Gasteiger partial charge >= 0.3 is 0 Å². The average molecular weight is 723 g/mol. The minimum atomic E-state index is 0.529. The molecule has 0 unspecified atom stereocenters. The smallest absolute Gasteiger partial charge is 0.164 e. The maximum absolute atomic E-state index is 5.13. The van der Waals surface area contributed by atoms with Gasteiger partial charge in [-0.1, -0.05) is 164 Å². The SMILES string of the molecule is c1ccc(-c2nc(-c3ccccc3)nc(-c3ccccc3-c3nc(-c4ccccc4)nc(-c4ccc(-c5ccc6sc7ccccc7c6c5)cc4)n3)n2)cc1. The summed E-state index contributed by atoms with van der Waals surface area (Å²) in [7, 11) is 0. The molecule has 3 aromatic heterocycles. The van der Waals surface area contributed by atoms with Crippen LogP contribution in [0.2, 0.25) is 0 Å². The van der Waals surface area contributed by atoms with Crippen molar-refractivity contribution < 1.29 is 0 Å². The van der Waals surface area contributed by atoms with E-state index in [0.29, 0.717) is 34.9 Å². The quantitative estimate of drug-likeness (QED) is 0.163. The summed E-state index contributed by atoms with van der Waals surface area (Å²) < 4.78 is 2.59. The van der Waals surface area contributed by atoms with Crippen LogP contribution in [0.4, 0.5) is 0 Å². The molecule has 0 spiro atoms. The second-order valence-corrected chi connectivity index (χ2v) is 14.2. The topological polar surface area (TPSA) is 77.3 Å². The van der Waals surface area contributed by atoms with E-state index in [1.54, 1.807) is 0 Å². The molecule has 258 valence electrons. The van der Waals surface area contributed by atoms with E-state index in [9.17, 15) is 0 Å². The van der Waals surface area contributed by atoms with Gasteiger partial charge in [0.15, 0.2) is 34.9 Å². The predicted octanol–water partition coefficient (Wildman–Crippen LogP) is 12.1. The molecule has 0 saturated heterocycles. The standard InChI is InChI=1S/C48H30N6S/c1-4-14-32(15-5-1)43-49-44(33-16-6-2-7-17-33)52-47(51-43)38-21-10-11-22-39(38)48-53-45(34-18-8-3-9-19-34)50-46(54-48)35-26-24-31(25-27-35)36-28-29-42-40(30-36)37-20-12-13-23-41(37)55-42/h1-30H. The zero-order valence-corrected chi connectivity index (χ0v) is 30.2. The Hall–Kier alpha value is -7.22. The van der Waals surface area contributed by atoms with Crippen LogP contribution in [0, 0.1) is 0 Å². The van der Waals surface area contributed by atoms with E-state index in [0.717, 1.165) is 38.9 Å². The van der Waals surface area contributed by atoms with E-state index in [1.165, 1.54) is 25.7 Å². The van der Waals surface area contributed by atoms with Crippen molar-refractivity contribution in [3.63, 3.8) is 0 Å². The highest BCUT2D eigenvalue weighted by atomic mass is 32.1. The molecular formula is C48H30N6S. The normalized spacial score (nSPS) is 11.3. The number of rotatable bonds is 7. The fourth-order valence-electron chi connectivity index (χ4n) is 6.86. The first kappa shape index (κ1) is 32.4. The van der Waals surface area contributed by atoms with Crippen molar-refractivity contribution in [2.24, 2.45) is 0 Å². The minimum absolute atomic E-state index is 0.529. The molecule has 0 N–H and O–H groups in total. The van der Waals surface area contributed by atoms with Crippen LogP contribution >= 0.6 is 11.3 Å². The summed E-state index contributed by atoms with van der Waals surface area (Å²) in [5.41, 5.74) is 7.48. The van der Waals surface area contributed by atoms with Crippen LogP contribution in [0.5, 0.6) is 0 Å². The first-order chi connectivity index (χ1) is 27.2. The van der Waals surface area contributed by atoms with Gasteiger partial charge in [-0.05, 0) is 29.3 Å². The van der Waals surface area contributed by atoms with Crippen LogP contribution in [0.3, 0.4) is 0 Å². The van der Waals surface area contributed by atoms with Crippen molar-refractivity contribution in [1.82, 2.24) is 29.9 Å². The van der Waals surface area contributed by atoms with Gasteiger partial charge in [0.25, 0.3) is 0 Å². The van der Waals surface area contributed by atoms with E-state index in [2.05, 4.69) is 66.7 Å². The molecule has 0 saturated carbocycles. The molecular weight excluding hydrogens is 693 g/mol. The third-order valence-electron chi connectivity index (χ3n) is 9.63. The Labute approximate surface area is 321 Å². The van der Waals surface area contributed by atoms with Crippen molar-refractivity contribution in [3.8, 4) is 79.5 Å². The molecule has 7 heteroatoms. The summed E-state index contributed by atoms with van der Waals surface area (Å²) in [6, 6.07) is 61.8. The molecule has 0 fully saturated rings. The van der Waals surface area contributed by atoms with Gasteiger partial charge in [-0.15, -0.1) is 11.3 Å². The van der Waals surface area contributed by atoms with Crippen LogP contribution in [-0.4, -0.2) is 29.9 Å². The Morgan fingerprint density at radius 3 is 1.13 bits per heavy atom. The second-order valence-electron chi connectivity index (χ2n) is 13.1. The van der Waals surface area contributed by atoms with Crippen LogP contribution in [-0.2, 0) is 0 Å². The Morgan fingerprint density at radius 1 is 0.255 bits per heavy atom. The Morgan fingerprint density at radius 2 is 0.618 bits per heavy atom. The largest absolute Gasteiger partial charge is 0.208 e. The Kier molecular flexibility index (Phi) is 8.24. The lowest BCUT2D eigenvalue weighted by Crippen LogP contribution is -2.03.